The van der Waals surface area contributed by atoms with E-state index in [2.05, 4.69) is 30.3 Å². The van der Waals surface area contributed by atoms with E-state index < -0.39 is 0 Å². The fourth-order valence-corrected chi connectivity index (χ4v) is 3.56. The van der Waals surface area contributed by atoms with Gasteiger partial charge in [0.05, 0.1) is 0 Å². The van der Waals surface area contributed by atoms with Crippen molar-refractivity contribution in [1.82, 2.24) is 0 Å². The van der Waals surface area contributed by atoms with Gasteiger partial charge >= 0.3 is 0 Å². The van der Waals surface area contributed by atoms with Gasteiger partial charge in [-0.1, -0.05) is 31.0 Å². The predicted molar refractivity (Wildman–Crippen MR) is 67.1 cm³/mol. The quantitative estimate of drug-likeness (QED) is 0.789. The third-order valence-corrected chi connectivity index (χ3v) is 4.61. The molecule has 1 unspecified atom stereocenters. The van der Waals surface area contributed by atoms with Crippen molar-refractivity contribution in [2.45, 2.75) is 35.8 Å². The monoisotopic (exact) mass is 221 g/mol. The zero-order chi connectivity index (χ0) is 10.5. The minimum Gasteiger partial charge on any atom is -0.329 e. The molecule has 0 aliphatic heterocycles. The van der Waals surface area contributed by atoms with Gasteiger partial charge in [0, 0.05) is 16.7 Å². The average Bonchev–Trinajstić information content (AvgIpc) is 2.81. The predicted octanol–water partition coefficient (Wildman–Crippen LogP) is 3.30. The molecule has 1 aliphatic rings. The molecule has 0 heterocycles. The highest BCUT2D eigenvalue weighted by atomic mass is 32.2. The summed E-state index contributed by atoms with van der Waals surface area (Å²) in [6.45, 7) is 0.810. The van der Waals surface area contributed by atoms with Crippen molar-refractivity contribution in [3.63, 3.8) is 0 Å². The minimum absolute atomic E-state index is 0.620. The largest absolute Gasteiger partial charge is 0.329 e. The van der Waals surface area contributed by atoms with Crippen molar-refractivity contribution in [3.8, 4) is 0 Å². The summed E-state index contributed by atoms with van der Waals surface area (Å²) in [5, 5.41) is 0.620. The average molecular weight is 221 g/mol. The van der Waals surface area contributed by atoms with Gasteiger partial charge in [0.25, 0.3) is 0 Å². The highest BCUT2D eigenvalue weighted by Gasteiger charge is 2.24. The molecule has 1 aromatic rings. The van der Waals surface area contributed by atoms with E-state index in [9.17, 15) is 0 Å². The molecule has 1 saturated carbocycles. The Hall–Kier alpha value is -0.470. The van der Waals surface area contributed by atoms with Crippen LogP contribution in [0.1, 0.15) is 25.7 Å². The third-order valence-electron chi connectivity index (χ3n) is 3.19. The molecule has 0 spiro atoms. The van der Waals surface area contributed by atoms with E-state index in [1.54, 1.807) is 0 Å². The number of benzene rings is 1. The van der Waals surface area contributed by atoms with Crippen LogP contribution in [0, 0.1) is 5.92 Å². The van der Waals surface area contributed by atoms with Crippen LogP contribution in [0.2, 0.25) is 0 Å². The standard InChI is InChI=1S/C13H19NS/c14-10-13(11-6-4-5-7-11)15-12-8-2-1-3-9-12/h1-3,8-9,11,13H,4-7,10,14H2. The molecule has 2 N–H and O–H groups in total. The second-order valence-electron chi connectivity index (χ2n) is 4.25. The van der Waals surface area contributed by atoms with Crippen LogP contribution in [-0.4, -0.2) is 11.8 Å². The Balaban J connectivity index is 1.96. The van der Waals surface area contributed by atoms with E-state index in [0.717, 1.165) is 12.5 Å². The van der Waals surface area contributed by atoms with Gasteiger partial charge in [-0.2, -0.15) is 0 Å². The van der Waals surface area contributed by atoms with Crippen LogP contribution in [-0.2, 0) is 0 Å². The highest BCUT2D eigenvalue weighted by molar-refractivity contribution is 8.00. The van der Waals surface area contributed by atoms with Gasteiger partial charge in [0.2, 0.25) is 0 Å². The molecule has 2 rings (SSSR count). The molecular formula is C13H19NS. The van der Waals surface area contributed by atoms with Crippen LogP contribution >= 0.6 is 11.8 Å². The summed E-state index contributed by atoms with van der Waals surface area (Å²) in [7, 11) is 0. The Morgan fingerprint density at radius 2 is 1.87 bits per heavy atom. The first-order chi connectivity index (χ1) is 7.40. The SMILES string of the molecule is NCC(Sc1ccccc1)C1CCCC1. The first kappa shape index (κ1) is 11.0. The lowest BCUT2D eigenvalue weighted by atomic mass is 10.0. The van der Waals surface area contributed by atoms with Gasteiger partial charge in [0.15, 0.2) is 0 Å². The smallest absolute Gasteiger partial charge is 0.0245 e. The van der Waals surface area contributed by atoms with Gasteiger partial charge < -0.3 is 5.73 Å². The zero-order valence-corrected chi connectivity index (χ0v) is 9.88. The summed E-state index contributed by atoms with van der Waals surface area (Å²) < 4.78 is 0. The van der Waals surface area contributed by atoms with Crippen LogP contribution in [0.5, 0.6) is 0 Å². The Morgan fingerprint density at radius 1 is 1.20 bits per heavy atom. The Kier molecular flexibility index (Phi) is 4.09. The molecule has 1 atom stereocenters. The Morgan fingerprint density at radius 3 is 2.47 bits per heavy atom. The zero-order valence-electron chi connectivity index (χ0n) is 9.06. The number of rotatable bonds is 4. The summed E-state index contributed by atoms with van der Waals surface area (Å²) in [6, 6.07) is 10.6. The van der Waals surface area contributed by atoms with Gasteiger partial charge in [-0.3, -0.25) is 0 Å². The number of thioether (sulfide) groups is 1. The van der Waals surface area contributed by atoms with Gasteiger partial charge in [-0.15, -0.1) is 11.8 Å². The molecule has 82 valence electrons. The van der Waals surface area contributed by atoms with Gasteiger partial charge in [-0.25, -0.2) is 0 Å². The van der Waals surface area contributed by atoms with E-state index in [0.29, 0.717) is 5.25 Å². The molecule has 0 aromatic heterocycles. The van der Waals surface area contributed by atoms with Crippen LogP contribution in [0.15, 0.2) is 35.2 Å². The van der Waals surface area contributed by atoms with Crippen LogP contribution < -0.4 is 5.73 Å². The lowest BCUT2D eigenvalue weighted by molar-refractivity contribution is 0.525. The second-order valence-corrected chi connectivity index (χ2v) is 5.56. The molecular weight excluding hydrogens is 202 g/mol. The second kappa shape index (κ2) is 5.57. The van der Waals surface area contributed by atoms with Gasteiger partial charge in [0.1, 0.15) is 0 Å². The summed E-state index contributed by atoms with van der Waals surface area (Å²) in [5.41, 5.74) is 5.88. The molecule has 15 heavy (non-hydrogen) atoms. The summed E-state index contributed by atoms with van der Waals surface area (Å²) in [4.78, 5) is 1.36. The van der Waals surface area contributed by atoms with Crippen molar-refractivity contribution in [3.05, 3.63) is 30.3 Å². The van der Waals surface area contributed by atoms with Gasteiger partial charge in [-0.05, 0) is 30.9 Å². The maximum absolute atomic E-state index is 5.88. The molecule has 1 aromatic carbocycles. The van der Waals surface area contributed by atoms with Crippen molar-refractivity contribution in [2.24, 2.45) is 11.7 Å². The van der Waals surface area contributed by atoms with E-state index in [-0.39, 0.29) is 0 Å². The van der Waals surface area contributed by atoms with Crippen molar-refractivity contribution >= 4 is 11.8 Å². The van der Waals surface area contributed by atoms with E-state index in [4.69, 9.17) is 5.73 Å². The first-order valence-corrected chi connectivity index (χ1v) is 6.70. The molecule has 0 radical (unpaired) electrons. The molecule has 2 heteroatoms. The van der Waals surface area contributed by atoms with Crippen molar-refractivity contribution < 1.29 is 0 Å². The summed E-state index contributed by atoms with van der Waals surface area (Å²) >= 11 is 1.96. The lowest BCUT2D eigenvalue weighted by Gasteiger charge is -2.21. The maximum Gasteiger partial charge on any atom is 0.0245 e. The fourth-order valence-electron chi connectivity index (χ4n) is 2.34. The Labute approximate surface area is 96.4 Å². The Bertz CT molecular complexity index is 280. The van der Waals surface area contributed by atoms with Crippen LogP contribution in [0.25, 0.3) is 0 Å². The normalized spacial score (nSPS) is 19.3. The van der Waals surface area contributed by atoms with Crippen LogP contribution in [0.4, 0.5) is 0 Å². The van der Waals surface area contributed by atoms with E-state index in [1.807, 2.05) is 11.8 Å². The number of hydrogen-bond acceptors (Lipinski definition) is 2. The number of hydrogen-bond donors (Lipinski definition) is 1. The summed E-state index contributed by atoms with van der Waals surface area (Å²) in [5.74, 6) is 0.847. The van der Waals surface area contributed by atoms with E-state index >= 15 is 0 Å². The maximum atomic E-state index is 5.88. The fraction of sp³-hybridized carbons (Fsp3) is 0.538. The molecule has 0 bridgehead atoms. The van der Waals surface area contributed by atoms with Crippen LogP contribution in [0.3, 0.4) is 0 Å². The van der Waals surface area contributed by atoms with Crippen molar-refractivity contribution in [2.75, 3.05) is 6.54 Å². The topological polar surface area (TPSA) is 26.0 Å². The molecule has 1 nitrogen and oxygen atoms in total. The lowest BCUT2D eigenvalue weighted by Crippen LogP contribution is -2.24. The van der Waals surface area contributed by atoms with E-state index in [1.165, 1.54) is 30.6 Å². The number of nitrogens with two attached hydrogens (primary N) is 1. The first-order valence-electron chi connectivity index (χ1n) is 5.82. The molecule has 1 fully saturated rings. The molecule has 0 amide bonds. The minimum atomic E-state index is 0.620. The highest BCUT2D eigenvalue weighted by Crippen LogP contribution is 2.36. The third kappa shape index (κ3) is 2.99. The van der Waals surface area contributed by atoms with Crippen molar-refractivity contribution in [1.29, 1.82) is 0 Å². The molecule has 1 aliphatic carbocycles. The molecule has 0 saturated heterocycles. The summed E-state index contributed by atoms with van der Waals surface area (Å²) in [6.07, 6.45) is 5.55.